The van der Waals surface area contributed by atoms with Crippen molar-refractivity contribution in [2.75, 3.05) is 5.32 Å². The number of hydrogen-bond acceptors (Lipinski definition) is 4. The van der Waals surface area contributed by atoms with Gasteiger partial charge < -0.3 is 10.4 Å². The first-order valence-corrected chi connectivity index (χ1v) is 6.49. The van der Waals surface area contributed by atoms with Gasteiger partial charge in [-0.05, 0) is 25.0 Å². The molecular formula is C13H14N2O2S. The van der Waals surface area contributed by atoms with Crippen molar-refractivity contribution in [2.24, 2.45) is 0 Å². The molecule has 0 aliphatic carbocycles. The van der Waals surface area contributed by atoms with E-state index < -0.39 is 5.97 Å². The first-order valence-electron chi connectivity index (χ1n) is 5.67. The Morgan fingerprint density at radius 2 is 2.17 bits per heavy atom. The van der Waals surface area contributed by atoms with Crippen molar-refractivity contribution in [3.63, 3.8) is 0 Å². The number of anilines is 2. The van der Waals surface area contributed by atoms with Gasteiger partial charge in [0.1, 0.15) is 0 Å². The van der Waals surface area contributed by atoms with E-state index in [9.17, 15) is 4.79 Å². The monoisotopic (exact) mass is 262 g/mol. The first kappa shape index (κ1) is 12.6. The molecule has 0 saturated heterocycles. The zero-order chi connectivity index (χ0) is 13.1. The Balaban J connectivity index is 2.29. The number of carbonyl (C=O) groups is 1. The predicted molar refractivity (Wildman–Crippen MR) is 72.9 cm³/mol. The molecule has 0 spiro atoms. The van der Waals surface area contributed by atoms with Crippen molar-refractivity contribution in [1.82, 2.24) is 4.98 Å². The Morgan fingerprint density at radius 3 is 2.78 bits per heavy atom. The molecule has 2 rings (SSSR count). The molecule has 1 aromatic carbocycles. The maximum atomic E-state index is 10.9. The van der Waals surface area contributed by atoms with Crippen molar-refractivity contribution in [1.29, 1.82) is 0 Å². The summed E-state index contributed by atoms with van der Waals surface area (Å²) in [5.74, 6) is -0.986. The third-order valence-corrected chi connectivity index (χ3v) is 3.53. The third kappa shape index (κ3) is 2.51. The zero-order valence-corrected chi connectivity index (χ0v) is 11.0. The summed E-state index contributed by atoms with van der Waals surface area (Å²) in [6.07, 6.45) is 0.916. The average Bonchev–Trinajstić information content (AvgIpc) is 2.71. The van der Waals surface area contributed by atoms with Crippen LogP contribution in [0.1, 0.15) is 27.9 Å². The summed E-state index contributed by atoms with van der Waals surface area (Å²) in [5.41, 5.74) is 2.28. The van der Waals surface area contributed by atoms with Crippen LogP contribution in [-0.4, -0.2) is 16.1 Å². The van der Waals surface area contributed by atoms with Crippen molar-refractivity contribution < 1.29 is 9.90 Å². The van der Waals surface area contributed by atoms with Crippen LogP contribution < -0.4 is 5.32 Å². The molecule has 0 unspecified atom stereocenters. The lowest BCUT2D eigenvalue weighted by atomic mass is 10.1. The van der Waals surface area contributed by atoms with Crippen LogP contribution >= 0.6 is 11.3 Å². The van der Waals surface area contributed by atoms with Gasteiger partial charge in [-0.1, -0.05) is 25.1 Å². The highest BCUT2D eigenvalue weighted by atomic mass is 32.1. The van der Waals surface area contributed by atoms with Crippen LogP contribution in [0.15, 0.2) is 24.3 Å². The number of para-hydroxylation sites is 1. The highest BCUT2D eigenvalue weighted by Gasteiger charge is 2.14. The van der Waals surface area contributed by atoms with Crippen molar-refractivity contribution in [2.45, 2.75) is 20.3 Å². The molecule has 0 amide bonds. The van der Waals surface area contributed by atoms with E-state index >= 15 is 0 Å². The van der Waals surface area contributed by atoms with Crippen LogP contribution in [0.2, 0.25) is 0 Å². The van der Waals surface area contributed by atoms with Crippen molar-refractivity contribution in [3.05, 3.63) is 40.4 Å². The van der Waals surface area contributed by atoms with E-state index in [1.54, 1.807) is 6.92 Å². The number of aromatic carboxylic acids is 1. The van der Waals surface area contributed by atoms with Crippen LogP contribution in [0, 0.1) is 6.92 Å². The van der Waals surface area contributed by atoms with E-state index in [1.165, 1.54) is 16.9 Å². The van der Waals surface area contributed by atoms with E-state index in [0.717, 1.165) is 12.1 Å². The number of rotatable bonds is 4. The molecule has 0 aliphatic heterocycles. The van der Waals surface area contributed by atoms with Crippen LogP contribution in [0.25, 0.3) is 0 Å². The largest absolute Gasteiger partial charge is 0.476 e. The Hall–Kier alpha value is -1.88. The number of thiazole rings is 1. The van der Waals surface area contributed by atoms with E-state index in [1.807, 2.05) is 24.3 Å². The standard InChI is InChI=1S/C13H14N2O2S/c1-3-9-6-4-5-7-10(9)14-13-15-11(12(16)17)8(2)18-13/h4-7H,3H2,1-2H3,(H,14,15)(H,16,17). The summed E-state index contributed by atoms with van der Waals surface area (Å²) in [6, 6.07) is 7.94. The highest BCUT2D eigenvalue weighted by Crippen LogP contribution is 2.27. The Kier molecular flexibility index (Phi) is 3.62. The molecule has 0 fully saturated rings. The highest BCUT2D eigenvalue weighted by molar-refractivity contribution is 7.15. The van der Waals surface area contributed by atoms with Crippen LogP contribution in [-0.2, 0) is 6.42 Å². The topological polar surface area (TPSA) is 62.2 Å². The average molecular weight is 262 g/mol. The molecule has 1 aromatic heterocycles. The van der Waals surface area contributed by atoms with E-state index in [0.29, 0.717) is 10.0 Å². The Labute approximate surface area is 109 Å². The summed E-state index contributed by atoms with van der Waals surface area (Å²) < 4.78 is 0. The number of carboxylic acids is 1. The molecule has 2 aromatic rings. The van der Waals surface area contributed by atoms with Gasteiger partial charge in [0.2, 0.25) is 0 Å². The third-order valence-electron chi connectivity index (χ3n) is 2.64. The first-order chi connectivity index (χ1) is 8.61. The lowest BCUT2D eigenvalue weighted by Gasteiger charge is -2.07. The number of aryl methyl sites for hydroxylation is 2. The second-order valence-electron chi connectivity index (χ2n) is 3.86. The summed E-state index contributed by atoms with van der Waals surface area (Å²) >= 11 is 1.35. The minimum atomic E-state index is -0.986. The molecule has 5 heteroatoms. The van der Waals surface area contributed by atoms with Gasteiger partial charge in [-0.3, -0.25) is 0 Å². The SMILES string of the molecule is CCc1ccccc1Nc1nc(C(=O)O)c(C)s1. The summed E-state index contributed by atoms with van der Waals surface area (Å²) in [7, 11) is 0. The molecular weight excluding hydrogens is 248 g/mol. The molecule has 0 radical (unpaired) electrons. The number of hydrogen-bond donors (Lipinski definition) is 2. The minimum Gasteiger partial charge on any atom is -0.476 e. The second-order valence-corrected chi connectivity index (χ2v) is 5.07. The predicted octanol–water partition coefficient (Wildman–Crippen LogP) is 3.46. The van der Waals surface area contributed by atoms with Gasteiger partial charge in [0, 0.05) is 10.6 Å². The molecule has 18 heavy (non-hydrogen) atoms. The molecule has 4 nitrogen and oxygen atoms in total. The van der Waals surface area contributed by atoms with Crippen LogP contribution in [0.4, 0.5) is 10.8 Å². The van der Waals surface area contributed by atoms with Gasteiger partial charge in [-0.25, -0.2) is 9.78 Å². The number of nitrogens with zero attached hydrogens (tertiary/aromatic N) is 1. The molecule has 0 saturated carbocycles. The van der Waals surface area contributed by atoms with Crippen LogP contribution in [0.5, 0.6) is 0 Å². The maximum absolute atomic E-state index is 10.9. The molecule has 0 aliphatic rings. The van der Waals surface area contributed by atoms with E-state index in [-0.39, 0.29) is 5.69 Å². The van der Waals surface area contributed by atoms with E-state index in [2.05, 4.69) is 17.2 Å². The van der Waals surface area contributed by atoms with Gasteiger partial charge in [-0.2, -0.15) is 0 Å². The maximum Gasteiger partial charge on any atom is 0.355 e. The fraction of sp³-hybridized carbons (Fsp3) is 0.231. The summed E-state index contributed by atoms with van der Waals surface area (Å²) in [6.45, 7) is 3.84. The lowest BCUT2D eigenvalue weighted by molar-refractivity contribution is 0.0690. The normalized spacial score (nSPS) is 10.3. The van der Waals surface area contributed by atoms with E-state index in [4.69, 9.17) is 5.11 Å². The van der Waals surface area contributed by atoms with Crippen LogP contribution in [0.3, 0.4) is 0 Å². The zero-order valence-electron chi connectivity index (χ0n) is 10.2. The van der Waals surface area contributed by atoms with Crippen molar-refractivity contribution >= 4 is 28.1 Å². The molecule has 0 atom stereocenters. The van der Waals surface area contributed by atoms with Gasteiger partial charge in [0.15, 0.2) is 10.8 Å². The molecule has 2 N–H and O–H groups in total. The number of nitrogens with one attached hydrogen (secondary N) is 1. The molecule has 1 heterocycles. The van der Waals surface area contributed by atoms with Gasteiger partial charge in [-0.15, -0.1) is 11.3 Å². The smallest absolute Gasteiger partial charge is 0.355 e. The summed E-state index contributed by atoms with van der Waals surface area (Å²) in [5, 5.41) is 12.8. The fourth-order valence-electron chi connectivity index (χ4n) is 1.71. The molecule has 94 valence electrons. The Bertz CT molecular complexity index is 578. The number of aromatic nitrogens is 1. The van der Waals surface area contributed by atoms with Crippen molar-refractivity contribution in [3.8, 4) is 0 Å². The number of benzene rings is 1. The quantitative estimate of drug-likeness (QED) is 0.885. The Morgan fingerprint density at radius 1 is 1.44 bits per heavy atom. The fourth-order valence-corrected chi connectivity index (χ4v) is 2.53. The minimum absolute atomic E-state index is 0.122. The van der Waals surface area contributed by atoms with Gasteiger partial charge in [0.05, 0.1) is 0 Å². The molecule has 0 bridgehead atoms. The lowest BCUT2D eigenvalue weighted by Crippen LogP contribution is -1.99. The summed E-state index contributed by atoms with van der Waals surface area (Å²) in [4.78, 5) is 15.7. The number of carboxylic acid groups (broad SMARTS) is 1. The van der Waals surface area contributed by atoms with Gasteiger partial charge >= 0.3 is 5.97 Å². The van der Waals surface area contributed by atoms with Gasteiger partial charge in [0.25, 0.3) is 0 Å². The second kappa shape index (κ2) is 5.18.